The minimum Gasteiger partial charge on any atom is -0.345 e. The number of nitrogens with zero attached hydrogens (tertiary/aromatic N) is 1. The predicted octanol–water partition coefficient (Wildman–Crippen LogP) is 5.94. The Morgan fingerprint density at radius 3 is 1.62 bits per heavy atom. The molecule has 0 spiro atoms. The van der Waals surface area contributed by atoms with Crippen molar-refractivity contribution < 1.29 is 0 Å². The number of fused-ring (bicyclic) bond motifs is 1. The maximum absolute atomic E-state index is 4.06. The Morgan fingerprint density at radius 2 is 1.19 bits per heavy atom. The van der Waals surface area contributed by atoms with Crippen LogP contribution in [0.2, 0.25) is 0 Å². The Labute approximate surface area is 129 Å². The van der Waals surface area contributed by atoms with Gasteiger partial charge in [0.05, 0.1) is 17.4 Å². The van der Waals surface area contributed by atoms with Gasteiger partial charge in [0, 0.05) is 0 Å². The Balaban J connectivity index is 0.000000292. The normalized spacial score (nSPS) is 8.67. The van der Waals surface area contributed by atoms with Gasteiger partial charge in [0.2, 0.25) is 0 Å². The zero-order valence-electron chi connectivity index (χ0n) is 13.9. The van der Waals surface area contributed by atoms with E-state index in [1.165, 1.54) is 0 Å². The second-order valence-corrected chi connectivity index (χ2v) is 4.81. The van der Waals surface area contributed by atoms with Gasteiger partial charge in [-0.3, -0.25) is 0 Å². The molecule has 0 aliphatic rings. The van der Waals surface area contributed by atoms with Gasteiger partial charge in [0.1, 0.15) is 0 Å². The molecule has 0 saturated carbocycles. The fraction of sp³-hybridized carbons (Fsp3) is 0.316. The van der Waals surface area contributed by atoms with Crippen LogP contribution in [0.1, 0.15) is 34.6 Å². The summed E-state index contributed by atoms with van der Waals surface area (Å²) in [4.78, 5) is 7.07. The molecule has 2 aromatic carbocycles. The van der Waals surface area contributed by atoms with Gasteiger partial charge in [0.15, 0.2) is 0 Å². The van der Waals surface area contributed by atoms with Crippen molar-refractivity contribution in [3.8, 4) is 0 Å². The fourth-order valence-electron chi connectivity index (χ4n) is 1.26. The van der Waals surface area contributed by atoms with Crippen molar-refractivity contribution in [3.63, 3.8) is 0 Å². The van der Waals surface area contributed by atoms with Crippen LogP contribution < -0.4 is 0 Å². The highest BCUT2D eigenvalue weighted by Crippen LogP contribution is 2.05. The zero-order valence-corrected chi connectivity index (χ0v) is 13.9. The summed E-state index contributed by atoms with van der Waals surface area (Å²) in [5.74, 6) is 0.833. The number of aromatic amines is 1. The van der Waals surface area contributed by atoms with Gasteiger partial charge < -0.3 is 4.98 Å². The van der Waals surface area contributed by atoms with E-state index in [4.69, 9.17) is 0 Å². The Bertz CT molecular complexity index is 482. The Kier molecular flexibility index (Phi) is 11.6. The van der Waals surface area contributed by atoms with E-state index in [1.54, 1.807) is 6.33 Å². The number of nitrogens with one attached hydrogen (secondary N) is 1. The van der Waals surface area contributed by atoms with Crippen LogP contribution in [0.5, 0.6) is 0 Å². The number of imidazole rings is 1. The minimum atomic E-state index is 0.833. The van der Waals surface area contributed by atoms with E-state index in [9.17, 15) is 0 Å². The third-order valence-corrected chi connectivity index (χ3v) is 1.99. The second-order valence-electron chi connectivity index (χ2n) is 4.81. The standard InChI is InChI=1S/C7H6N2.C6H6.C4H10.C2H6/c1-2-4-7-6(3-1)8-5-9-7;1-2-4-6-5-3-1;1-4(2)3;1-2/h1-5H,(H,8,9);1-6H;4H,1-3H3;1-2H3. The van der Waals surface area contributed by atoms with Crippen molar-refractivity contribution in [3.05, 3.63) is 67.0 Å². The molecule has 0 amide bonds. The summed E-state index contributed by atoms with van der Waals surface area (Å²) >= 11 is 0. The molecule has 0 fully saturated rings. The molecule has 3 rings (SSSR count). The number of aromatic nitrogens is 2. The van der Waals surface area contributed by atoms with Gasteiger partial charge in [-0.05, 0) is 18.1 Å². The molecule has 1 aromatic heterocycles. The second kappa shape index (κ2) is 12.9. The van der Waals surface area contributed by atoms with Crippen LogP contribution in [0.4, 0.5) is 0 Å². The highest BCUT2D eigenvalue weighted by Gasteiger charge is 1.88. The molecular weight excluding hydrogens is 256 g/mol. The molecular formula is C19H28N2. The molecule has 2 heteroatoms. The monoisotopic (exact) mass is 284 g/mol. The highest BCUT2D eigenvalue weighted by atomic mass is 14.9. The van der Waals surface area contributed by atoms with Crippen LogP contribution in [0.3, 0.4) is 0 Å². The van der Waals surface area contributed by atoms with Crippen LogP contribution in [0.15, 0.2) is 67.0 Å². The third kappa shape index (κ3) is 10.4. The topological polar surface area (TPSA) is 28.7 Å². The molecule has 21 heavy (non-hydrogen) atoms. The molecule has 0 aliphatic heterocycles. The molecule has 0 radical (unpaired) electrons. The molecule has 1 N–H and O–H groups in total. The van der Waals surface area contributed by atoms with E-state index < -0.39 is 0 Å². The lowest BCUT2D eigenvalue weighted by Crippen LogP contribution is -1.66. The van der Waals surface area contributed by atoms with Crippen LogP contribution in [0.25, 0.3) is 11.0 Å². The van der Waals surface area contributed by atoms with Crippen molar-refractivity contribution in [2.75, 3.05) is 0 Å². The SMILES string of the molecule is CC.CC(C)C.c1ccc2[nH]cnc2c1.c1ccccc1. The van der Waals surface area contributed by atoms with Gasteiger partial charge in [-0.2, -0.15) is 0 Å². The number of hydrogen-bond donors (Lipinski definition) is 1. The van der Waals surface area contributed by atoms with Gasteiger partial charge in [-0.1, -0.05) is 83.1 Å². The minimum absolute atomic E-state index is 0.833. The average molecular weight is 284 g/mol. The summed E-state index contributed by atoms with van der Waals surface area (Å²) in [5, 5.41) is 0. The molecule has 0 saturated heterocycles. The van der Waals surface area contributed by atoms with E-state index in [2.05, 4.69) is 30.7 Å². The summed E-state index contributed by atoms with van der Waals surface area (Å²) in [6.45, 7) is 10.5. The van der Waals surface area contributed by atoms with Crippen molar-refractivity contribution >= 4 is 11.0 Å². The van der Waals surface area contributed by atoms with Crippen LogP contribution in [-0.2, 0) is 0 Å². The van der Waals surface area contributed by atoms with E-state index in [0.717, 1.165) is 17.0 Å². The molecule has 0 atom stereocenters. The lowest BCUT2D eigenvalue weighted by Gasteiger charge is -1.81. The van der Waals surface area contributed by atoms with Crippen LogP contribution >= 0.6 is 0 Å². The van der Waals surface area contributed by atoms with Crippen molar-refractivity contribution in [2.45, 2.75) is 34.6 Å². The van der Waals surface area contributed by atoms with Crippen LogP contribution in [0, 0.1) is 5.92 Å². The summed E-state index contributed by atoms with van der Waals surface area (Å²) in [7, 11) is 0. The van der Waals surface area contributed by atoms with E-state index >= 15 is 0 Å². The maximum atomic E-state index is 4.06. The highest BCUT2D eigenvalue weighted by molar-refractivity contribution is 5.73. The van der Waals surface area contributed by atoms with Gasteiger partial charge in [0.25, 0.3) is 0 Å². The molecule has 2 nitrogen and oxygen atoms in total. The first kappa shape index (κ1) is 18.9. The summed E-state index contributed by atoms with van der Waals surface area (Å²) < 4.78 is 0. The molecule has 0 aliphatic carbocycles. The largest absolute Gasteiger partial charge is 0.345 e. The van der Waals surface area contributed by atoms with Gasteiger partial charge in [-0.25, -0.2) is 4.98 Å². The summed E-state index contributed by atoms with van der Waals surface area (Å²) in [6.07, 6.45) is 1.70. The number of H-pyrrole nitrogens is 1. The van der Waals surface area contributed by atoms with Crippen molar-refractivity contribution in [2.24, 2.45) is 5.92 Å². The molecule has 3 aromatic rings. The third-order valence-electron chi connectivity index (χ3n) is 1.99. The first-order valence-electron chi connectivity index (χ1n) is 7.58. The Morgan fingerprint density at radius 1 is 0.762 bits per heavy atom. The van der Waals surface area contributed by atoms with E-state index in [-0.39, 0.29) is 0 Å². The Hall–Kier alpha value is -2.09. The summed E-state index contributed by atoms with van der Waals surface area (Å²) in [5.41, 5.74) is 2.12. The van der Waals surface area contributed by atoms with Gasteiger partial charge >= 0.3 is 0 Å². The first-order valence-corrected chi connectivity index (χ1v) is 7.58. The number of para-hydroxylation sites is 2. The van der Waals surface area contributed by atoms with E-state index in [1.807, 2.05) is 74.5 Å². The molecule has 0 bridgehead atoms. The van der Waals surface area contributed by atoms with Crippen molar-refractivity contribution in [1.29, 1.82) is 0 Å². The summed E-state index contributed by atoms with van der Waals surface area (Å²) in [6, 6.07) is 19.9. The smallest absolute Gasteiger partial charge is 0.0931 e. The van der Waals surface area contributed by atoms with Crippen LogP contribution in [-0.4, -0.2) is 9.97 Å². The molecule has 114 valence electrons. The number of hydrogen-bond acceptors (Lipinski definition) is 1. The number of rotatable bonds is 0. The average Bonchev–Trinajstić information content (AvgIpc) is 3.00. The van der Waals surface area contributed by atoms with Gasteiger partial charge in [-0.15, -0.1) is 0 Å². The van der Waals surface area contributed by atoms with Crippen molar-refractivity contribution in [1.82, 2.24) is 9.97 Å². The number of benzene rings is 2. The maximum Gasteiger partial charge on any atom is 0.0931 e. The fourth-order valence-corrected chi connectivity index (χ4v) is 1.26. The molecule has 0 unspecified atom stereocenters. The zero-order chi connectivity index (χ0) is 15.9. The first-order chi connectivity index (χ1) is 10.2. The lowest BCUT2D eigenvalue weighted by molar-refractivity contribution is 0.737. The van der Waals surface area contributed by atoms with E-state index in [0.29, 0.717) is 0 Å². The predicted molar refractivity (Wildman–Crippen MR) is 94.4 cm³/mol. The lowest BCUT2D eigenvalue weighted by atomic mass is 10.3. The molecule has 1 heterocycles. The quantitative estimate of drug-likeness (QED) is 0.544.